The van der Waals surface area contributed by atoms with Gasteiger partial charge in [-0.05, 0) is 36.6 Å². The number of nitrogens with one attached hydrogen (secondary N) is 3. The van der Waals surface area contributed by atoms with E-state index in [1.807, 2.05) is 26.0 Å². The van der Waals surface area contributed by atoms with Gasteiger partial charge in [-0.25, -0.2) is 0 Å². The molecule has 120 valence electrons. The lowest BCUT2D eigenvalue weighted by atomic mass is 10.1. The van der Waals surface area contributed by atoms with E-state index in [2.05, 4.69) is 22.8 Å². The number of nitrogens with two attached hydrogens (primary N) is 1. The van der Waals surface area contributed by atoms with Crippen LogP contribution in [0.25, 0.3) is 0 Å². The highest BCUT2D eigenvalue weighted by Gasteiger charge is 2.15. The van der Waals surface area contributed by atoms with Gasteiger partial charge in [0.1, 0.15) is 0 Å². The summed E-state index contributed by atoms with van der Waals surface area (Å²) in [4.78, 5) is 0. The minimum absolute atomic E-state index is 0.135. The number of benzene rings is 1. The third kappa shape index (κ3) is 4.32. The van der Waals surface area contributed by atoms with Crippen LogP contribution in [0, 0.1) is 5.41 Å². The van der Waals surface area contributed by atoms with Gasteiger partial charge in [0.25, 0.3) is 0 Å². The van der Waals surface area contributed by atoms with Crippen LogP contribution in [0.1, 0.15) is 31.9 Å². The highest BCUT2D eigenvalue weighted by Crippen LogP contribution is 2.20. The summed E-state index contributed by atoms with van der Waals surface area (Å²) in [6, 6.07) is 8.21. The predicted molar refractivity (Wildman–Crippen MR) is 91.4 cm³/mol. The van der Waals surface area contributed by atoms with E-state index >= 15 is 0 Å². The van der Waals surface area contributed by atoms with Crippen LogP contribution in [0.3, 0.4) is 0 Å². The lowest BCUT2D eigenvalue weighted by Gasteiger charge is -2.24. The van der Waals surface area contributed by atoms with Crippen molar-refractivity contribution < 1.29 is 4.74 Å². The number of rotatable bonds is 6. The largest absolute Gasteiger partial charge is 0.402 e. The second kappa shape index (κ2) is 7.96. The maximum absolute atomic E-state index is 8.05. The quantitative estimate of drug-likeness (QED) is 0.608. The Labute approximate surface area is 132 Å². The van der Waals surface area contributed by atoms with Crippen LogP contribution >= 0.6 is 0 Å². The summed E-state index contributed by atoms with van der Waals surface area (Å²) in [5.41, 5.74) is 10.2. The summed E-state index contributed by atoms with van der Waals surface area (Å²) in [6.45, 7) is 6.92. The summed E-state index contributed by atoms with van der Waals surface area (Å²) >= 11 is 0. The fraction of sp³-hybridized carbons (Fsp3) is 0.471. The number of allylic oxidation sites excluding steroid dienone is 1. The SMILES string of the molecule is CC/C(N)=C(\C)C(=N)CNc1ccc(C2CNCCO2)cc1. The minimum atomic E-state index is 0.135. The molecule has 0 saturated carbocycles. The molecule has 0 radical (unpaired) electrons. The molecule has 22 heavy (non-hydrogen) atoms. The normalized spacial score (nSPS) is 19.5. The van der Waals surface area contributed by atoms with Crippen molar-refractivity contribution in [1.82, 2.24) is 5.32 Å². The molecule has 1 aliphatic heterocycles. The molecule has 1 heterocycles. The Morgan fingerprint density at radius 2 is 2.14 bits per heavy atom. The lowest BCUT2D eigenvalue weighted by molar-refractivity contribution is 0.0277. The maximum Gasteiger partial charge on any atom is 0.0949 e. The van der Waals surface area contributed by atoms with Gasteiger partial charge in [-0.1, -0.05) is 19.1 Å². The monoisotopic (exact) mass is 302 g/mol. The Hall–Kier alpha value is -1.85. The van der Waals surface area contributed by atoms with Crippen molar-refractivity contribution in [2.24, 2.45) is 5.73 Å². The van der Waals surface area contributed by atoms with Gasteiger partial charge in [0, 0.05) is 24.5 Å². The van der Waals surface area contributed by atoms with Crippen LogP contribution in [-0.4, -0.2) is 32.0 Å². The van der Waals surface area contributed by atoms with Gasteiger partial charge in [-0.3, -0.25) is 0 Å². The molecule has 0 aliphatic carbocycles. The minimum Gasteiger partial charge on any atom is -0.402 e. The molecule has 5 nitrogen and oxygen atoms in total. The van der Waals surface area contributed by atoms with E-state index in [4.69, 9.17) is 15.9 Å². The molecule has 1 saturated heterocycles. The Morgan fingerprint density at radius 1 is 1.41 bits per heavy atom. The number of hydrogen-bond acceptors (Lipinski definition) is 5. The topological polar surface area (TPSA) is 83.2 Å². The van der Waals surface area contributed by atoms with Crippen LogP contribution in [0.2, 0.25) is 0 Å². The van der Waals surface area contributed by atoms with E-state index in [9.17, 15) is 0 Å². The summed E-state index contributed by atoms with van der Waals surface area (Å²) in [5, 5.41) is 14.6. The van der Waals surface area contributed by atoms with Crippen molar-refractivity contribution >= 4 is 11.4 Å². The van der Waals surface area contributed by atoms with Crippen LogP contribution in [-0.2, 0) is 4.74 Å². The number of hydrogen-bond donors (Lipinski definition) is 4. The molecule has 0 bridgehead atoms. The summed E-state index contributed by atoms with van der Waals surface area (Å²) in [5.74, 6) is 0. The van der Waals surface area contributed by atoms with E-state index < -0.39 is 0 Å². The van der Waals surface area contributed by atoms with Crippen LogP contribution in [0.4, 0.5) is 5.69 Å². The molecule has 2 rings (SSSR count). The van der Waals surface area contributed by atoms with Gasteiger partial charge >= 0.3 is 0 Å². The first-order chi connectivity index (χ1) is 10.6. The van der Waals surface area contributed by atoms with Crippen LogP contribution in [0.5, 0.6) is 0 Å². The standard InChI is InChI=1S/C17H26N4O/c1-3-15(18)12(2)16(19)10-21-14-6-4-13(5-7-14)17-11-20-8-9-22-17/h4-7,17,19-21H,3,8-11,18H2,1-2H3/b15-12-,19-16?. The van der Waals surface area contributed by atoms with Gasteiger partial charge in [-0.2, -0.15) is 0 Å². The first kappa shape index (κ1) is 16.5. The first-order valence-electron chi connectivity index (χ1n) is 7.81. The van der Waals surface area contributed by atoms with E-state index in [1.54, 1.807) is 0 Å². The summed E-state index contributed by atoms with van der Waals surface area (Å²) in [7, 11) is 0. The molecule has 1 aromatic carbocycles. The van der Waals surface area contributed by atoms with Gasteiger partial charge in [0.15, 0.2) is 0 Å². The Bertz CT molecular complexity index is 530. The van der Waals surface area contributed by atoms with Crippen molar-refractivity contribution in [3.63, 3.8) is 0 Å². The van der Waals surface area contributed by atoms with E-state index in [0.717, 1.165) is 43.1 Å². The highest BCUT2D eigenvalue weighted by molar-refractivity contribution is 6.00. The van der Waals surface area contributed by atoms with Gasteiger partial charge in [0.05, 0.1) is 25.0 Å². The molecule has 1 atom stereocenters. The third-order valence-electron chi connectivity index (χ3n) is 3.99. The second-order valence-electron chi connectivity index (χ2n) is 5.52. The van der Waals surface area contributed by atoms with Crippen LogP contribution in [0.15, 0.2) is 35.5 Å². The van der Waals surface area contributed by atoms with Crippen molar-refractivity contribution in [3.05, 3.63) is 41.1 Å². The molecule has 1 fully saturated rings. The zero-order valence-corrected chi connectivity index (χ0v) is 13.4. The van der Waals surface area contributed by atoms with Crippen LogP contribution < -0.4 is 16.4 Å². The smallest absolute Gasteiger partial charge is 0.0949 e. The molecule has 0 spiro atoms. The maximum atomic E-state index is 8.05. The molecular formula is C17H26N4O. The predicted octanol–water partition coefficient (Wildman–Crippen LogP) is 2.42. The van der Waals surface area contributed by atoms with E-state index in [0.29, 0.717) is 12.3 Å². The Balaban J connectivity index is 1.90. The molecule has 0 amide bonds. The first-order valence-corrected chi connectivity index (χ1v) is 7.81. The fourth-order valence-corrected chi connectivity index (χ4v) is 2.38. The molecule has 0 aromatic heterocycles. The fourth-order valence-electron chi connectivity index (χ4n) is 2.38. The Morgan fingerprint density at radius 3 is 2.73 bits per heavy atom. The van der Waals surface area contributed by atoms with Crippen molar-refractivity contribution in [3.8, 4) is 0 Å². The molecule has 1 unspecified atom stereocenters. The Kier molecular flexibility index (Phi) is 5.98. The number of anilines is 1. The van der Waals surface area contributed by atoms with Gasteiger partial charge < -0.3 is 26.5 Å². The van der Waals surface area contributed by atoms with Gasteiger partial charge in [0.2, 0.25) is 0 Å². The number of ether oxygens (including phenoxy) is 1. The summed E-state index contributed by atoms with van der Waals surface area (Å²) in [6.07, 6.45) is 0.911. The molecular weight excluding hydrogens is 276 g/mol. The van der Waals surface area contributed by atoms with E-state index in [1.165, 1.54) is 5.56 Å². The molecule has 1 aromatic rings. The molecule has 5 N–H and O–H groups in total. The number of morpholine rings is 1. The van der Waals surface area contributed by atoms with Crippen molar-refractivity contribution in [1.29, 1.82) is 5.41 Å². The van der Waals surface area contributed by atoms with Gasteiger partial charge in [-0.15, -0.1) is 0 Å². The lowest BCUT2D eigenvalue weighted by Crippen LogP contribution is -2.33. The second-order valence-corrected chi connectivity index (χ2v) is 5.52. The molecule has 5 heteroatoms. The van der Waals surface area contributed by atoms with Crippen molar-refractivity contribution in [2.45, 2.75) is 26.4 Å². The average Bonchev–Trinajstić information content (AvgIpc) is 2.59. The third-order valence-corrected chi connectivity index (χ3v) is 3.99. The van der Waals surface area contributed by atoms with E-state index in [-0.39, 0.29) is 6.10 Å². The zero-order chi connectivity index (χ0) is 15.9. The average molecular weight is 302 g/mol. The molecule has 1 aliphatic rings. The summed E-state index contributed by atoms with van der Waals surface area (Å²) < 4.78 is 5.74. The van der Waals surface area contributed by atoms with Crippen molar-refractivity contribution in [2.75, 3.05) is 31.6 Å². The zero-order valence-electron chi connectivity index (χ0n) is 13.4. The highest BCUT2D eigenvalue weighted by atomic mass is 16.5.